The maximum absolute atomic E-state index is 6.28. The highest BCUT2D eigenvalue weighted by atomic mass is 16.5. The van der Waals surface area contributed by atoms with Gasteiger partial charge in [-0.3, -0.25) is 0 Å². The number of hydrogen-bond acceptors (Lipinski definition) is 2. The first-order valence-electron chi connectivity index (χ1n) is 7.54. The smallest absolute Gasteiger partial charge is 0.119 e. The summed E-state index contributed by atoms with van der Waals surface area (Å²) in [5, 5.41) is 0. The highest BCUT2D eigenvalue weighted by Gasteiger charge is 2.40. The van der Waals surface area contributed by atoms with E-state index in [0.29, 0.717) is 0 Å². The van der Waals surface area contributed by atoms with Crippen molar-refractivity contribution in [2.24, 2.45) is 11.1 Å². The van der Waals surface area contributed by atoms with E-state index in [1.54, 1.807) is 0 Å². The van der Waals surface area contributed by atoms with Crippen LogP contribution in [-0.4, -0.2) is 12.1 Å². The van der Waals surface area contributed by atoms with Crippen molar-refractivity contribution in [1.82, 2.24) is 0 Å². The number of nitrogens with two attached hydrogens (primary N) is 1. The molecule has 2 nitrogen and oxygen atoms in total. The van der Waals surface area contributed by atoms with Gasteiger partial charge in [0, 0.05) is 6.04 Å². The third-order valence-electron chi connectivity index (χ3n) is 4.41. The lowest BCUT2D eigenvalue weighted by Gasteiger charge is -2.27. The SMILES string of the molecule is CCCCc1ccc(OC2CCC(C)(C)C2N)cc1. The van der Waals surface area contributed by atoms with Crippen LogP contribution in [0.4, 0.5) is 0 Å². The summed E-state index contributed by atoms with van der Waals surface area (Å²) in [6.07, 6.45) is 6.02. The molecule has 0 spiro atoms. The fourth-order valence-corrected chi connectivity index (χ4v) is 2.79. The molecule has 2 rings (SSSR count). The molecule has 1 aliphatic rings. The van der Waals surface area contributed by atoms with E-state index in [9.17, 15) is 0 Å². The molecule has 0 aromatic heterocycles. The molecule has 0 bridgehead atoms. The molecule has 0 saturated heterocycles. The number of hydrogen-bond donors (Lipinski definition) is 1. The predicted molar refractivity (Wildman–Crippen MR) is 80.5 cm³/mol. The summed E-state index contributed by atoms with van der Waals surface area (Å²) in [6.45, 7) is 6.68. The molecule has 0 amide bonds. The number of unbranched alkanes of at least 4 members (excludes halogenated alkanes) is 1. The van der Waals surface area contributed by atoms with Crippen LogP contribution in [0.15, 0.2) is 24.3 Å². The monoisotopic (exact) mass is 261 g/mol. The molecule has 2 N–H and O–H groups in total. The van der Waals surface area contributed by atoms with E-state index in [1.165, 1.54) is 18.4 Å². The van der Waals surface area contributed by atoms with Crippen molar-refractivity contribution in [3.05, 3.63) is 29.8 Å². The Bertz CT molecular complexity index is 396. The second kappa shape index (κ2) is 5.96. The summed E-state index contributed by atoms with van der Waals surface area (Å²) in [4.78, 5) is 0. The quantitative estimate of drug-likeness (QED) is 0.871. The summed E-state index contributed by atoms with van der Waals surface area (Å²) < 4.78 is 6.06. The summed E-state index contributed by atoms with van der Waals surface area (Å²) in [6, 6.07) is 8.66. The summed E-state index contributed by atoms with van der Waals surface area (Å²) >= 11 is 0. The Morgan fingerprint density at radius 3 is 2.47 bits per heavy atom. The van der Waals surface area contributed by atoms with Crippen molar-refractivity contribution in [3.63, 3.8) is 0 Å². The van der Waals surface area contributed by atoms with Crippen molar-refractivity contribution in [3.8, 4) is 5.75 Å². The minimum absolute atomic E-state index is 0.132. The molecule has 1 aromatic rings. The Morgan fingerprint density at radius 2 is 1.95 bits per heavy atom. The van der Waals surface area contributed by atoms with Gasteiger partial charge in [-0.25, -0.2) is 0 Å². The fourth-order valence-electron chi connectivity index (χ4n) is 2.79. The van der Waals surface area contributed by atoms with Crippen LogP contribution in [0.25, 0.3) is 0 Å². The average molecular weight is 261 g/mol. The molecule has 1 fully saturated rings. The summed E-state index contributed by atoms with van der Waals surface area (Å²) in [5.74, 6) is 0.957. The molecule has 1 saturated carbocycles. The van der Waals surface area contributed by atoms with Crippen LogP contribution < -0.4 is 10.5 Å². The van der Waals surface area contributed by atoms with Gasteiger partial charge in [-0.05, 0) is 48.8 Å². The van der Waals surface area contributed by atoms with Gasteiger partial charge in [0.1, 0.15) is 11.9 Å². The zero-order valence-electron chi connectivity index (χ0n) is 12.5. The fraction of sp³-hybridized carbons (Fsp3) is 0.647. The molecular formula is C17H27NO. The highest BCUT2D eigenvalue weighted by molar-refractivity contribution is 5.28. The van der Waals surface area contributed by atoms with Crippen LogP contribution in [0.3, 0.4) is 0 Å². The topological polar surface area (TPSA) is 35.2 Å². The highest BCUT2D eigenvalue weighted by Crippen LogP contribution is 2.38. The summed E-state index contributed by atoms with van der Waals surface area (Å²) in [5.41, 5.74) is 7.87. The third-order valence-corrected chi connectivity index (χ3v) is 4.41. The van der Waals surface area contributed by atoms with E-state index in [4.69, 9.17) is 10.5 Å². The Labute approximate surface area is 117 Å². The standard InChI is InChI=1S/C17H27NO/c1-4-5-6-13-7-9-14(10-8-13)19-15-11-12-17(2,3)16(15)18/h7-10,15-16H,4-6,11-12,18H2,1-3H3. The largest absolute Gasteiger partial charge is 0.489 e. The minimum atomic E-state index is 0.132. The molecule has 2 atom stereocenters. The summed E-state index contributed by atoms with van der Waals surface area (Å²) in [7, 11) is 0. The van der Waals surface area contributed by atoms with E-state index in [2.05, 4.69) is 45.0 Å². The lowest BCUT2D eigenvalue weighted by Crippen LogP contribution is -2.42. The van der Waals surface area contributed by atoms with Crippen molar-refractivity contribution < 1.29 is 4.74 Å². The van der Waals surface area contributed by atoms with Gasteiger partial charge in [0.2, 0.25) is 0 Å². The molecule has 1 aliphatic carbocycles. The minimum Gasteiger partial charge on any atom is -0.489 e. The van der Waals surface area contributed by atoms with Gasteiger partial charge in [-0.1, -0.05) is 39.3 Å². The van der Waals surface area contributed by atoms with Crippen LogP contribution >= 0.6 is 0 Å². The number of benzene rings is 1. The zero-order chi connectivity index (χ0) is 13.9. The Morgan fingerprint density at radius 1 is 1.26 bits per heavy atom. The molecule has 0 radical (unpaired) electrons. The number of ether oxygens (including phenoxy) is 1. The van der Waals surface area contributed by atoms with E-state index in [1.807, 2.05) is 0 Å². The van der Waals surface area contributed by atoms with Gasteiger partial charge in [0.25, 0.3) is 0 Å². The Kier molecular flexibility index (Phi) is 4.51. The van der Waals surface area contributed by atoms with Crippen LogP contribution in [0.5, 0.6) is 5.75 Å². The van der Waals surface area contributed by atoms with Gasteiger partial charge in [0.15, 0.2) is 0 Å². The van der Waals surface area contributed by atoms with Crippen LogP contribution in [0, 0.1) is 5.41 Å². The Hall–Kier alpha value is -1.02. The Balaban J connectivity index is 1.93. The maximum atomic E-state index is 6.28. The van der Waals surface area contributed by atoms with E-state index in [0.717, 1.165) is 25.0 Å². The van der Waals surface area contributed by atoms with Crippen LogP contribution in [-0.2, 0) is 6.42 Å². The first kappa shape index (κ1) is 14.4. The van der Waals surface area contributed by atoms with Crippen LogP contribution in [0.2, 0.25) is 0 Å². The molecule has 0 heterocycles. The van der Waals surface area contributed by atoms with Crippen molar-refractivity contribution in [1.29, 1.82) is 0 Å². The first-order valence-corrected chi connectivity index (χ1v) is 7.54. The number of aryl methyl sites for hydroxylation is 1. The van der Waals surface area contributed by atoms with E-state index < -0.39 is 0 Å². The first-order chi connectivity index (χ1) is 9.03. The molecule has 1 aromatic carbocycles. The van der Waals surface area contributed by atoms with E-state index >= 15 is 0 Å². The average Bonchev–Trinajstić information content (AvgIpc) is 2.65. The maximum Gasteiger partial charge on any atom is 0.119 e. The normalized spacial score (nSPS) is 25.5. The van der Waals surface area contributed by atoms with Gasteiger partial charge in [-0.15, -0.1) is 0 Å². The number of rotatable bonds is 5. The van der Waals surface area contributed by atoms with Crippen LogP contribution in [0.1, 0.15) is 52.0 Å². The molecule has 106 valence electrons. The lowest BCUT2D eigenvalue weighted by atomic mass is 9.88. The lowest BCUT2D eigenvalue weighted by molar-refractivity contribution is 0.165. The second-order valence-corrected chi connectivity index (χ2v) is 6.46. The molecule has 19 heavy (non-hydrogen) atoms. The van der Waals surface area contributed by atoms with E-state index in [-0.39, 0.29) is 17.6 Å². The van der Waals surface area contributed by atoms with Crippen molar-refractivity contribution in [2.45, 2.75) is 65.0 Å². The van der Waals surface area contributed by atoms with Gasteiger partial charge >= 0.3 is 0 Å². The van der Waals surface area contributed by atoms with Gasteiger partial charge in [0.05, 0.1) is 0 Å². The van der Waals surface area contributed by atoms with Gasteiger partial charge in [-0.2, -0.15) is 0 Å². The van der Waals surface area contributed by atoms with Crippen molar-refractivity contribution >= 4 is 0 Å². The molecule has 2 unspecified atom stereocenters. The van der Waals surface area contributed by atoms with Crippen molar-refractivity contribution in [2.75, 3.05) is 0 Å². The molecule has 0 aliphatic heterocycles. The van der Waals surface area contributed by atoms with Gasteiger partial charge < -0.3 is 10.5 Å². The third kappa shape index (κ3) is 3.50. The zero-order valence-corrected chi connectivity index (χ0v) is 12.5. The predicted octanol–water partition coefficient (Wildman–Crippen LogP) is 3.92. The second-order valence-electron chi connectivity index (χ2n) is 6.46. The molecular weight excluding hydrogens is 234 g/mol. The molecule has 2 heteroatoms.